The number of amides is 2. The van der Waals surface area contributed by atoms with Gasteiger partial charge in [-0.2, -0.15) is 0 Å². The molecule has 3 aromatic rings. The maximum atomic E-state index is 12.6. The minimum absolute atomic E-state index is 0.00448. The Bertz CT molecular complexity index is 944. The molecule has 0 spiro atoms. The van der Waals surface area contributed by atoms with Crippen molar-refractivity contribution in [2.75, 3.05) is 18.6 Å². The molecule has 1 N–H and O–H groups in total. The van der Waals surface area contributed by atoms with Gasteiger partial charge >= 0.3 is 0 Å². The number of nitrogens with one attached hydrogen (secondary N) is 1. The van der Waals surface area contributed by atoms with Crippen molar-refractivity contribution in [1.29, 1.82) is 0 Å². The normalized spacial score (nSPS) is 10.4. The SMILES string of the molecule is COCC(=O)N(Cc1ccccc1)c1ccc(CC(=O)NCc2ccccn2)cc1. The molecule has 0 bridgehead atoms. The minimum atomic E-state index is -0.123. The third-order valence-corrected chi connectivity index (χ3v) is 4.56. The zero-order valence-electron chi connectivity index (χ0n) is 17.0. The van der Waals surface area contributed by atoms with E-state index >= 15 is 0 Å². The van der Waals surface area contributed by atoms with Crippen molar-refractivity contribution in [2.24, 2.45) is 0 Å². The number of carbonyl (C=O) groups is 2. The molecule has 2 aromatic carbocycles. The van der Waals surface area contributed by atoms with Crippen LogP contribution in [0.15, 0.2) is 79.0 Å². The second-order valence-electron chi connectivity index (χ2n) is 6.84. The summed E-state index contributed by atoms with van der Waals surface area (Å²) in [6.07, 6.45) is 1.96. The van der Waals surface area contributed by atoms with Crippen molar-refractivity contribution in [3.8, 4) is 0 Å². The predicted octanol–water partition coefficient (Wildman–Crippen LogP) is 3.12. The van der Waals surface area contributed by atoms with Crippen LogP contribution < -0.4 is 10.2 Å². The Morgan fingerprint density at radius 3 is 2.33 bits per heavy atom. The van der Waals surface area contributed by atoms with E-state index in [1.807, 2.05) is 72.8 Å². The summed E-state index contributed by atoms with van der Waals surface area (Å²) in [6, 6.07) is 22.8. The lowest BCUT2D eigenvalue weighted by molar-refractivity contribution is -0.122. The summed E-state index contributed by atoms with van der Waals surface area (Å²) in [6.45, 7) is 0.853. The van der Waals surface area contributed by atoms with E-state index in [9.17, 15) is 9.59 Å². The van der Waals surface area contributed by atoms with E-state index in [0.717, 1.165) is 22.5 Å². The van der Waals surface area contributed by atoms with Crippen LogP contribution >= 0.6 is 0 Å². The lowest BCUT2D eigenvalue weighted by atomic mass is 10.1. The van der Waals surface area contributed by atoms with E-state index in [4.69, 9.17) is 4.74 Å². The van der Waals surface area contributed by atoms with E-state index < -0.39 is 0 Å². The van der Waals surface area contributed by atoms with Crippen LogP contribution in [0.25, 0.3) is 0 Å². The summed E-state index contributed by atoms with van der Waals surface area (Å²) in [5.74, 6) is -0.202. The van der Waals surface area contributed by atoms with E-state index in [1.165, 1.54) is 7.11 Å². The van der Waals surface area contributed by atoms with Gasteiger partial charge in [-0.1, -0.05) is 48.5 Å². The number of rotatable bonds is 9. The van der Waals surface area contributed by atoms with Gasteiger partial charge in [-0.25, -0.2) is 0 Å². The monoisotopic (exact) mass is 403 g/mol. The van der Waals surface area contributed by atoms with E-state index in [-0.39, 0.29) is 24.8 Å². The molecule has 0 saturated heterocycles. The lowest BCUT2D eigenvalue weighted by Crippen LogP contribution is -2.33. The van der Waals surface area contributed by atoms with Gasteiger partial charge in [-0.15, -0.1) is 0 Å². The number of methoxy groups -OCH3 is 1. The van der Waals surface area contributed by atoms with Crippen LogP contribution in [0.1, 0.15) is 16.8 Å². The van der Waals surface area contributed by atoms with E-state index in [1.54, 1.807) is 11.1 Å². The fourth-order valence-electron chi connectivity index (χ4n) is 3.02. The fourth-order valence-corrected chi connectivity index (χ4v) is 3.02. The first kappa shape index (κ1) is 21.2. The van der Waals surface area contributed by atoms with Crippen molar-refractivity contribution in [2.45, 2.75) is 19.5 Å². The maximum Gasteiger partial charge on any atom is 0.253 e. The Morgan fingerprint density at radius 2 is 1.67 bits per heavy atom. The Kier molecular flexibility index (Phi) is 7.69. The molecule has 1 heterocycles. The van der Waals surface area contributed by atoms with Crippen molar-refractivity contribution in [1.82, 2.24) is 10.3 Å². The molecule has 0 aliphatic rings. The molecular formula is C24H25N3O3. The Labute approximate surface area is 176 Å². The Hall–Kier alpha value is -3.51. The maximum absolute atomic E-state index is 12.6. The van der Waals surface area contributed by atoms with E-state index in [0.29, 0.717) is 13.1 Å². The third-order valence-electron chi connectivity index (χ3n) is 4.56. The van der Waals surface area contributed by atoms with Crippen LogP contribution in [0.5, 0.6) is 0 Å². The number of anilines is 1. The number of pyridine rings is 1. The number of nitrogens with zero attached hydrogens (tertiary/aromatic N) is 2. The molecule has 0 aliphatic carbocycles. The number of carbonyl (C=O) groups excluding carboxylic acids is 2. The van der Waals surface area contributed by atoms with Gasteiger partial charge in [0.25, 0.3) is 5.91 Å². The summed E-state index contributed by atoms with van der Waals surface area (Å²) < 4.78 is 5.03. The molecule has 2 amide bonds. The highest BCUT2D eigenvalue weighted by atomic mass is 16.5. The first-order chi connectivity index (χ1) is 14.7. The number of hydrogen-bond acceptors (Lipinski definition) is 4. The average Bonchev–Trinajstić information content (AvgIpc) is 2.78. The summed E-state index contributed by atoms with van der Waals surface area (Å²) in [7, 11) is 1.51. The summed E-state index contributed by atoms with van der Waals surface area (Å²) in [4.78, 5) is 30.7. The average molecular weight is 403 g/mol. The van der Waals surface area contributed by atoms with Gasteiger partial charge < -0.3 is 15.0 Å². The molecule has 0 saturated carbocycles. The quantitative estimate of drug-likeness (QED) is 0.596. The number of aromatic nitrogens is 1. The van der Waals surface area contributed by atoms with Crippen LogP contribution in [-0.4, -0.2) is 30.5 Å². The molecular weight excluding hydrogens is 378 g/mol. The molecule has 6 heteroatoms. The third kappa shape index (κ3) is 6.25. The van der Waals surface area contributed by atoms with Gasteiger partial charge in [-0.05, 0) is 35.4 Å². The highest BCUT2D eigenvalue weighted by molar-refractivity contribution is 5.94. The molecule has 154 valence electrons. The molecule has 1 aromatic heterocycles. The summed E-state index contributed by atoms with van der Waals surface area (Å²) in [5.41, 5.74) is 3.48. The molecule has 0 unspecified atom stereocenters. The first-order valence-electron chi connectivity index (χ1n) is 9.74. The van der Waals surface area contributed by atoms with Crippen molar-refractivity contribution in [3.05, 3.63) is 95.8 Å². The topological polar surface area (TPSA) is 71.5 Å². The first-order valence-corrected chi connectivity index (χ1v) is 9.74. The lowest BCUT2D eigenvalue weighted by Gasteiger charge is -2.23. The Morgan fingerprint density at radius 1 is 0.933 bits per heavy atom. The van der Waals surface area contributed by atoms with Crippen LogP contribution in [-0.2, 0) is 33.8 Å². The van der Waals surface area contributed by atoms with Gasteiger partial charge in [0.2, 0.25) is 5.91 Å². The highest BCUT2D eigenvalue weighted by Crippen LogP contribution is 2.19. The molecule has 0 atom stereocenters. The molecule has 6 nitrogen and oxygen atoms in total. The second kappa shape index (κ2) is 10.9. The van der Waals surface area contributed by atoms with Gasteiger partial charge in [0.15, 0.2) is 0 Å². The van der Waals surface area contributed by atoms with Gasteiger partial charge in [0.1, 0.15) is 6.61 Å². The predicted molar refractivity (Wildman–Crippen MR) is 116 cm³/mol. The zero-order chi connectivity index (χ0) is 21.2. The second-order valence-corrected chi connectivity index (χ2v) is 6.84. The molecule has 3 rings (SSSR count). The van der Waals surface area contributed by atoms with Crippen LogP contribution in [0.2, 0.25) is 0 Å². The van der Waals surface area contributed by atoms with Crippen LogP contribution in [0.3, 0.4) is 0 Å². The van der Waals surface area contributed by atoms with Crippen molar-refractivity contribution < 1.29 is 14.3 Å². The highest BCUT2D eigenvalue weighted by Gasteiger charge is 2.16. The summed E-state index contributed by atoms with van der Waals surface area (Å²) in [5, 5.41) is 2.87. The van der Waals surface area contributed by atoms with E-state index in [2.05, 4.69) is 10.3 Å². The zero-order valence-corrected chi connectivity index (χ0v) is 17.0. The Balaban J connectivity index is 1.63. The molecule has 30 heavy (non-hydrogen) atoms. The van der Waals surface area contributed by atoms with Crippen molar-refractivity contribution in [3.63, 3.8) is 0 Å². The molecule has 0 fully saturated rings. The largest absolute Gasteiger partial charge is 0.375 e. The molecule has 0 aliphatic heterocycles. The minimum Gasteiger partial charge on any atom is -0.375 e. The smallest absolute Gasteiger partial charge is 0.253 e. The van der Waals surface area contributed by atoms with Crippen LogP contribution in [0, 0.1) is 0 Å². The van der Waals surface area contributed by atoms with Gasteiger partial charge in [0.05, 0.1) is 25.2 Å². The number of ether oxygens (including phenoxy) is 1. The number of benzene rings is 2. The molecule has 0 radical (unpaired) electrons. The van der Waals surface area contributed by atoms with Gasteiger partial charge in [0, 0.05) is 19.0 Å². The van der Waals surface area contributed by atoms with Gasteiger partial charge in [-0.3, -0.25) is 14.6 Å². The summed E-state index contributed by atoms with van der Waals surface area (Å²) >= 11 is 0. The standard InChI is InChI=1S/C24H25N3O3/c1-30-18-24(29)27(17-20-7-3-2-4-8-20)22-12-10-19(11-13-22)15-23(28)26-16-21-9-5-6-14-25-21/h2-14H,15-18H2,1H3,(H,26,28). The van der Waals surface area contributed by atoms with Crippen molar-refractivity contribution >= 4 is 17.5 Å². The van der Waals surface area contributed by atoms with Crippen LogP contribution in [0.4, 0.5) is 5.69 Å². The fraction of sp³-hybridized carbons (Fsp3) is 0.208. The number of hydrogen-bond donors (Lipinski definition) is 1.